The smallest absolute Gasteiger partial charge is 0.325 e. The van der Waals surface area contributed by atoms with Gasteiger partial charge in [-0.25, -0.2) is 8.78 Å². The fraction of sp³-hybridized carbons (Fsp3) is 0.385. The minimum Gasteiger partial charge on any atom is -0.480 e. The van der Waals surface area contributed by atoms with Crippen molar-refractivity contribution in [2.24, 2.45) is 7.05 Å². The lowest BCUT2D eigenvalue weighted by Crippen LogP contribution is -2.40. The summed E-state index contributed by atoms with van der Waals surface area (Å²) in [4.78, 5) is 14.5. The number of hydrogen-bond donors (Lipinski definition) is 1. The van der Waals surface area contributed by atoms with Gasteiger partial charge in [-0.2, -0.15) is 4.80 Å². The summed E-state index contributed by atoms with van der Waals surface area (Å²) in [5, 5.41) is 21.0. The Morgan fingerprint density at radius 1 is 1.45 bits per heavy atom. The Morgan fingerprint density at radius 3 is 2.86 bits per heavy atom. The van der Waals surface area contributed by atoms with E-state index in [2.05, 4.69) is 15.4 Å². The van der Waals surface area contributed by atoms with Crippen LogP contribution >= 0.6 is 0 Å². The quantitative estimate of drug-likeness (QED) is 0.897. The molecule has 0 bridgehead atoms. The third kappa shape index (κ3) is 2.43. The van der Waals surface area contributed by atoms with Crippen molar-refractivity contribution in [2.45, 2.75) is 19.0 Å². The lowest BCUT2D eigenvalue weighted by molar-refractivity contribution is -0.144. The molecule has 7 nitrogen and oxygen atoms in total. The summed E-state index contributed by atoms with van der Waals surface area (Å²) in [6.45, 7) is 0.436. The lowest BCUT2D eigenvalue weighted by atomic mass is 9.92. The molecule has 0 saturated heterocycles. The molecule has 2 heterocycles. The number of aryl methyl sites for hydroxylation is 1. The zero-order chi connectivity index (χ0) is 15.9. The molecule has 2 aromatic rings. The zero-order valence-electron chi connectivity index (χ0n) is 11.7. The van der Waals surface area contributed by atoms with E-state index in [0.29, 0.717) is 5.82 Å². The molecule has 1 aromatic carbocycles. The molecule has 1 aliphatic rings. The third-order valence-electron chi connectivity index (χ3n) is 3.67. The van der Waals surface area contributed by atoms with E-state index in [-0.39, 0.29) is 30.6 Å². The van der Waals surface area contributed by atoms with Crippen LogP contribution in [-0.2, 0) is 24.8 Å². The highest BCUT2D eigenvalue weighted by atomic mass is 19.2. The number of nitrogens with zero attached hydrogens (tertiary/aromatic N) is 5. The highest BCUT2D eigenvalue weighted by Gasteiger charge is 2.35. The van der Waals surface area contributed by atoms with Crippen molar-refractivity contribution in [3.8, 4) is 0 Å². The van der Waals surface area contributed by atoms with Crippen LogP contribution in [0.4, 0.5) is 8.78 Å². The van der Waals surface area contributed by atoms with Crippen LogP contribution in [0, 0.1) is 11.6 Å². The summed E-state index contributed by atoms with van der Waals surface area (Å²) >= 11 is 0. The van der Waals surface area contributed by atoms with Crippen LogP contribution in [0.25, 0.3) is 0 Å². The van der Waals surface area contributed by atoms with Crippen molar-refractivity contribution in [1.82, 2.24) is 25.1 Å². The number of aromatic nitrogens is 4. The van der Waals surface area contributed by atoms with Gasteiger partial charge in [0.15, 0.2) is 17.5 Å². The van der Waals surface area contributed by atoms with Crippen LogP contribution in [0.5, 0.6) is 0 Å². The molecule has 1 N–H and O–H groups in total. The first-order valence-electron chi connectivity index (χ1n) is 6.64. The van der Waals surface area contributed by atoms with E-state index in [0.717, 1.165) is 6.07 Å². The number of fused-ring (bicyclic) bond motifs is 1. The summed E-state index contributed by atoms with van der Waals surface area (Å²) in [5.74, 6) is -2.69. The Balaban J connectivity index is 1.96. The molecule has 0 radical (unpaired) electrons. The van der Waals surface area contributed by atoms with E-state index in [9.17, 15) is 18.7 Å². The van der Waals surface area contributed by atoms with Crippen molar-refractivity contribution in [1.29, 1.82) is 0 Å². The van der Waals surface area contributed by atoms with E-state index >= 15 is 0 Å². The molecule has 1 aromatic heterocycles. The number of carboxylic acid groups (broad SMARTS) is 1. The van der Waals surface area contributed by atoms with E-state index in [1.54, 1.807) is 11.9 Å². The van der Waals surface area contributed by atoms with Gasteiger partial charge in [0.25, 0.3) is 0 Å². The van der Waals surface area contributed by atoms with Gasteiger partial charge in [0, 0.05) is 6.54 Å². The first-order chi connectivity index (χ1) is 10.5. The van der Waals surface area contributed by atoms with Crippen molar-refractivity contribution in [3.63, 3.8) is 0 Å². The first kappa shape index (κ1) is 14.5. The second-order valence-corrected chi connectivity index (χ2v) is 5.09. The van der Waals surface area contributed by atoms with Gasteiger partial charge >= 0.3 is 5.97 Å². The van der Waals surface area contributed by atoms with Crippen molar-refractivity contribution >= 4 is 5.97 Å². The fourth-order valence-corrected chi connectivity index (χ4v) is 2.73. The van der Waals surface area contributed by atoms with Gasteiger partial charge in [-0.3, -0.25) is 9.69 Å². The number of aliphatic carboxylic acids is 1. The Labute approximate surface area is 124 Å². The predicted molar refractivity (Wildman–Crippen MR) is 69.6 cm³/mol. The van der Waals surface area contributed by atoms with Crippen LogP contribution in [0.3, 0.4) is 0 Å². The zero-order valence-corrected chi connectivity index (χ0v) is 11.7. The van der Waals surface area contributed by atoms with Gasteiger partial charge in [-0.1, -0.05) is 6.07 Å². The molecule has 1 aliphatic heterocycles. The molecule has 22 heavy (non-hydrogen) atoms. The van der Waals surface area contributed by atoms with Crippen LogP contribution in [0.15, 0.2) is 12.1 Å². The van der Waals surface area contributed by atoms with Crippen molar-refractivity contribution in [3.05, 3.63) is 40.7 Å². The van der Waals surface area contributed by atoms with Gasteiger partial charge < -0.3 is 5.11 Å². The third-order valence-corrected chi connectivity index (χ3v) is 3.67. The maximum atomic E-state index is 13.9. The minimum atomic E-state index is -1.13. The molecule has 0 amide bonds. The second kappa shape index (κ2) is 5.41. The molecule has 1 atom stereocenters. The summed E-state index contributed by atoms with van der Waals surface area (Å²) in [6, 6.07) is 1.21. The minimum absolute atomic E-state index is 0.121. The van der Waals surface area contributed by atoms with Crippen molar-refractivity contribution in [2.75, 3.05) is 6.54 Å². The summed E-state index contributed by atoms with van der Waals surface area (Å²) in [5.41, 5.74) is 0.386. The topological polar surface area (TPSA) is 84.1 Å². The van der Waals surface area contributed by atoms with Crippen LogP contribution in [0.1, 0.15) is 23.0 Å². The first-order valence-corrected chi connectivity index (χ1v) is 6.64. The SMILES string of the molecule is Cn1nnc(CN2CCc3c(ccc(F)c3F)C2C(=O)O)n1. The van der Waals surface area contributed by atoms with Gasteiger partial charge in [-0.05, 0) is 28.8 Å². The number of hydrogen-bond acceptors (Lipinski definition) is 5. The number of carboxylic acids is 1. The van der Waals surface area contributed by atoms with Gasteiger partial charge in [0.2, 0.25) is 0 Å². The number of carbonyl (C=O) groups is 1. The molecule has 9 heteroatoms. The number of halogens is 2. The van der Waals surface area contributed by atoms with Crippen LogP contribution in [0.2, 0.25) is 0 Å². The Kier molecular flexibility index (Phi) is 3.57. The normalized spacial score (nSPS) is 18.2. The Hall–Kier alpha value is -2.42. The standard InChI is InChI=1S/C13H13F2N5O2/c1-19-17-10(16-18-19)6-20-5-4-7-8(12(20)13(21)22)2-3-9(14)11(7)15/h2-3,12H,4-6H2,1H3,(H,21,22). The fourth-order valence-electron chi connectivity index (χ4n) is 2.73. The second-order valence-electron chi connectivity index (χ2n) is 5.09. The lowest BCUT2D eigenvalue weighted by Gasteiger charge is -2.34. The number of benzene rings is 1. The predicted octanol–water partition coefficient (Wildman–Crippen LogP) is 0.672. The molecule has 1 unspecified atom stereocenters. The van der Waals surface area contributed by atoms with Crippen LogP contribution < -0.4 is 0 Å². The summed E-state index contributed by atoms with van der Waals surface area (Å²) in [6.07, 6.45) is 0.225. The largest absolute Gasteiger partial charge is 0.480 e. The molecular formula is C13H13F2N5O2. The molecule has 0 spiro atoms. The number of rotatable bonds is 3. The molecule has 0 aliphatic carbocycles. The summed E-state index contributed by atoms with van der Waals surface area (Å²) in [7, 11) is 1.61. The highest BCUT2D eigenvalue weighted by molar-refractivity contribution is 5.76. The Bertz CT molecular complexity index is 733. The molecule has 3 rings (SSSR count). The van der Waals surface area contributed by atoms with E-state index in [1.807, 2.05) is 0 Å². The molecular weight excluding hydrogens is 296 g/mol. The molecule has 116 valence electrons. The maximum absolute atomic E-state index is 13.9. The Morgan fingerprint density at radius 2 is 2.23 bits per heavy atom. The van der Waals surface area contributed by atoms with Gasteiger partial charge in [-0.15, -0.1) is 10.2 Å². The van der Waals surface area contributed by atoms with Crippen LogP contribution in [-0.4, -0.2) is 42.7 Å². The molecule has 0 fully saturated rings. The average molecular weight is 309 g/mol. The average Bonchev–Trinajstić information content (AvgIpc) is 2.87. The molecule has 0 saturated carbocycles. The van der Waals surface area contributed by atoms with Gasteiger partial charge in [0.05, 0.1) is 13.6 Å². The monoisotopic (exact) mass is 309 g/mol. The highest BCUT2D eigenvalue weighted by Crippen LogP contribution is 2.33. The maximum Gasteiger partial charge on any atom is 0.325 e. The van der Waals surface area contributed by atoms with Gasteiger partial charge in [0.1, 0.15) is 6.04 Å². The van der Waals surface area contributed by atoms with E-state index in [1.165, 1.54) is 10.9 Å². The van der Waals surface area contributed by atoms with E-state index < -0.39 is 23.6 Å². The summed E-state index contributed by atoms with van der Waals surface area (Å²) < 4.78 is 27.2. The van der Waals surface area contributed by atoms with Crippen molar-refractivity contribution < 1.29 is 18.7 Å². The number of tetrazole rings is 1. The van der Waals surface area contributed by atoms with E-state index in [4.69, 9.17) is 0 Å².